The summed E-state index contributed by atoms with van der Waals surface area (Å²) in [7, 11) is 0. The molecule has 158 valence electrons. The lowest BCUT2D eigenvalue weighted by Crippen LogP contribution is -2.33. The Hall–Kier alpha value is -3.45. The predicted molar refractivity (Wildman–Crippen MR) is 125 cm³/mol. The number of hydrogen-bond acceptors (Lipinski definition) is 6. The van der Waals surface area contributed by atoms with Crippen molar-refractivity contribution in [2.45, 2.75) is 44.7 Å². The highest BCUT2D eigenvalue weighted by atomic mass is 15.3. The molecular formula is C24H27N7. The SMILES string of the molecule is Cc1c(NC2CCC(N)CC2)nc2ccnn2c1Nc1cccc(-c2cccnc2)c1. The van der Waals surface area contributed by atoms with Gasteiger partial charge < -0.3 is 16.4 Å². The van der Waals surface area contributed by atoms with E-state index in [-0.39, 0.29) is 0 Å². The van der Waals surface area contributed by atoms with Crippen LogP contribution in [-0.2, 0) is 0 Å². The van der Waals surface area contributed by atoms with Gasteiger partial charge in [-0.25, -0.2) is 4.98 Å². The van der Waals surface area contributed by atoms with Crippen molar-refractivity contribution in [2.75, 3.05) is 10.6 Å². The van der Waals surface area contributed by atoms with Crippen molar-refractivity contribution >= 4 is 23.0 Å². The van der Waals surface area contributed by atoms with Gasteiger partial charge in [-0.3, -0.25) is 4.98 Å². The highest BCUT2D eigenvalue weighted by molar-refractivity contribution is 5.73. The number of pyridine rings is 1. The summed E-state index contributed by atoms with van der Waals surface area (Å²) in [5, 5.41) is 11.7. The summed E-state index contributed by atoms with van der Waals surface area (Å²) >= 11 is 0. The predicted octanol–water partition coefficient (Wildman–Crippen LogP) is 4.53. The van der Waals surface area contributed by atoms with Crippen LogP contribution in [0, 0.1) is 6.92 Å². The van der Waals surface area contributed by atoms with Crippen LogP contribution in [-0.4, -0.2) is 31.7 Å². The molecule has 0 spiro atoms. The average molecular weight is 414 g/mol. The zero-order chi connectivity index (χ0) is 21.2. The third-order valence-electron chi connectivity index (χ3n) is 6.00. The zero-order valence-electron chi connectivity index (χ0n) is 17.6. The van der Waals surface area contributed by atoms with Gasteiger partial charge in [-0.05, 0) is 56.4 Å². The summed E-state index contributed by atoms with van der Waals surface area (Å²) in [5.41, 5.74) is 11.1. The van der Waals surface area contributed by atoms with E-state index in [1.807, 2.05) is 28.9 Å². The van der Waals surface area contributed by atoms with E-state index >= 15 is 0 Å². The number of anilines is 3. The monoisotopic (exact) mass is 413 g/mol. The Labute approximate surface area is 181 Å². The molecule has 0 saturated heterocycles. The minimum absolute atomic E-state index is 0.328. The van der Waals surface area contributed by atoms with Gasteiger partial charge in [0, 0.05) is 47.4 Å². The van der Waals surface area contributed by atoms with Crippen LogP contribution in [0.5, 0.6) is 0 Å². The van der Waals surface area contributed by atoms with Crippen LogP contribution >= 0.6 is 0 Å². The third-order valence-corrected chi connectivity index (χ3v) is 6.00. The quantitative estimate of drug-likeness (QED) is 0.445. The largest absolute Gasteiger partial charge is 0.367 e. The summed E-state index contributed by atoms with van der Waals surface area (Å²) in [5.74, 6) is 1.81. The van der Waals surface area contributed by atoms with E-state index in [1.54, 1.807) is 12.4 Å². The Morgan fingerprint density at radius 2 is 1.84 bits per heavy atom. The number of rotatable bonds is 5. The van der Waals surface area contributed by atoms with Crippen LogP contribution in [0.3, 0.4) is 0 Å². The molecule has 1 aromatic carbocycles. The molecule has 7 nitrogen and oxygen atoms in total. The van der Waals surface area contributed by atoms with Crippen LogP contribution in [0.25, 0.3) is 16.8 Å². The molecule has 1 aliphatic carbocycles. The second kappa shape index (κ2) is 8.35. The first kappa shape index (κ1) is 19.5. The Morgan fingerprint density at radius 3 is 2.65 bits per heavy atom. The normalized spacial score (nSPS) is 18.8. The minimum atomic E-state index is 0.328. The molecule has 0 bridgehead atoms. The third kappa shape index (κ3) is 4.09. The first-order valence-corrected chi connectivity index (χ1v) is 10.8. The molecule has 1 saturated carbocycles. The molecule has 4 aromatic rings. The molecule has 1 fully saturated rings. The summed E-state index contributed by atoms with van der Waals surface area (Å²) in [6.45, 7) is 2.08. The molecule has 3 heterocycles. The van der Waals surface area contributed by atoms with Crippen LogP contribution in [0.1, 0.15) is 31.2 Å². The first-order valence-electron chi connectivity index (χ1n) is 10.8. The van der Waals surface area contributed by atoms with Gasteiger partial charge in [-0.2, -0.15) is 9.61 Å². The topological polar surface area (TPSA) is 93.2 Å². The van der Waals surface area contributed by atoms with E-state index in [4.69, 9.17) is 10.7 Å². The van der Waals surface area contributed by atoms with E-state index < -0.39 is 0 Å². The molecule has 4 N–H and O–H groups in total. The van der Waals surface area contributed by atoms with Crippen molar-refractivity contribution in [3.63, 3.8) is 0 Å². The molecular weight excluding hydrogens is 386 g/mol. The van der Waals surface area contributed by atoms with Gasteiger partial charge in [0.1, 0.15) is 11.6 Å². The standard InChI is InChI=1S/C24H27N7/c1-16-23(28-20-9-7-19(25)8-10-20)30-22-11-13-27-31(22)24(16)29-21-6-2-4-17(14-21)18-5-3-12-26-15-18/h2-6,11-15,19-20,29H,7-10,25H2,1H3,(H,28,30). The Kier molecular flexibility index (Phi) is 5.26. The molecule has 0 radical (unpaired) electrons. The van der Waals surface area contributed by atoms with Crippen molar-refractivity contribution < 1.29 is 0 Å². The van der Waals surface area contributed by atoms with Gasteiger partial charge in [0.2, 0.25) is 0 Å². The number of hydrogen-bond donors (Lipinski definition) is 3. The van der Waals surface area contributed by atoms with Gasteiger partial charge in [-0.1, -0.05) is 18.2 Å². The number of nitrogens with two attached hydrogens (primary N) is 1. The average Bonchev–Trinajstić information content (AvgIpc) is 3.27. The Bertz CT molecular complexity index is 1180. The van der Waals surface area contributed by atoms with Crippen molar-refractivity contribution in [1.82, 2.24) is 19.6 Å². The van der Waals surface area contributed by atoms with E-state index in [0.29, 0.717) is 12.1 Å². The Balaban J connectivity index is 1.47. The smallest absolute Gasteiger partial charge is 0.159 e. The molecule has 0 unspecified atom stereocenters. The number of aromatic nitrogens is 4. The second-order valence-electron chi connectivity index (χ2n) is 8.24. The van der Waals surface area contributed by atoms with Crippen LogP contribution < -0.4 is 16.4 Å². The summed E-state index contributed by atoms with van der Waals surface area (Å²) in [4.78, 5) is 9.06. The summed E-state index contributed by atoms with van der Waals surface area (Å²) in [6, 6.07) is 15.0. The second-order valence-corrected chi connectivity index (χ2v) is 8.24. The van der Waals surface area contributed by atoms with Crippen LogP contribution in [0.2, 0.25) is 0 Å². The van der Waals surface area contributed by atoms with E-state index in [9.17, 15) is 0 Å². The molecule has 7 heteroatoms. The molecule has 0 atom stereocenters. The fourth-order valence-electron chi connectivity index (χ4n) is 4.21. The van der Waals surface area contributed by atoms with Gasteiger partial charge in [0.15, 0.2) is 5.65 Å². The maximum absolute atomic E-state index is 6.08. The lowest BCUT2D eigenvalue weighted by atomic mass is 9.92. The van der Waals surface area contributed by atoms with E-state index in [1.165, 1.54) is 0 Å². The van der Waals surface area contributed by atoms with Crippen molar-refractivity contribution in [2.24, 2.45) is 5.73 Å². The van der Waals surface area contributed by atoms with Gasteiger partial charge in [0.05, 0.1) is 6.20 Å². The van der Waals surface area contributed by atoms with Crippen molar-refractivity contribution in [3.05, 3.63) is 66.6 Å². The minimum Gasteiger partial charge on any atom is -0.367 e. The number of nitrogens with one attached hydrogen (secondary N) is 2. The molecule has 1 aliphatic rings. The highest BCUT2D eigenvalue weighted by Crippen LogP contribution is 2.30. The lowest BCUT2D eigenvalue weighted by molar-refractivity contribution is 0.410. The van der Waals surface area contributed by atoms with Gasteiger partial charge in [-0.15, -0.1) is 0 Å². The molecule has 0 aliphatic heterocycles. The number of fused-ring (bicyclic) bond motifs is 1. The highest BCUT2D eigenvalue weighted by Gasteiger charge is 2.21. The summed E-state index contributed by atoms with van der Waals surface area (Å²) in [6.07, 6.45) is 9.69. The maximum atomic E-state index is 6.08. The van der Waals surface area contributed by atoms with Crippen LogP contribution in [0.4, 0.5) is 17.3 Å². The van der Waals surface area contributed by atoms with Crippen LogP contribution in [0.15, 0.2) is 61.1 Å². The van der Waals surface area contributed by atoms with E-state index in [0.717, 1.165) is 65.3 Å². The molecule has 3 aromatic heterocycles. The first-order chi connectivity index (χ1) is 15.2. The summed E-state index contributed by atoms with van der Waals surface area (Å²) < 4.78 is 1.86. The molecule has 31 heavy (non-hydrogen) atoms. The number of benzene rings is 1. The van der Waals surface area contributed by atoms with Gasteiger partial charge >= 0.3 is 0 Å². The maximum Gasteiger partial charge on any atom is 0.159 e. The van der Waals surface area contributed by atoms with Gasteiger partial charge in [0.25, 0.3) is 0 Å². The van der Waals surface area contributed by atoms with E-state index in [2.05, 4.69) is 51.9 Å². The molecule has 0 amide bonds. The number of nitrogens with zero attached hydrogens (tertiary/aromatic N) is 4. The van der Waals surface area contributed by atoms with Crippen molar-refractivity contribution in [3.8, 4) is 11.1 Å². The van der Waals surface area contributed by atoms with Crippen molar-refractivity contribution in [1.29, 1.82) is 0 Å². The fraction of sp³-hybridized carbons (Fsp3) is 0.292. The molecule has 5 rings (SSSR count). The lowest BCUT2D eigenvalue weighted by Gasteiger charge is -2.28. The Morgan fingerprint density at radius 1 is 1.00 bits per heavy atom. The zero-order valence-corrected chi connectivity index (χ0v) is 17.6. The fourth-order valence-corrected chi connectivity index (χ4v) is 4.21.